The second-order valence-electron chi connectivity index (χ2n) is 6.58. The topological polar surface area (TPSA) is 88.6 Å². The number of hydrogen-bond acceptors (Lipinski definition) is 7. The van der Waals surface area contributed by atoms with Crippen molar-refractivity contribution in [1.82, 2.24) is 14.9 Å². The molecule has 2 N–H and O–H groups in total. The summed E-state index contributed by atoms with van der Waals surface area (Å²) in [6.45, 7) is 0.259. The number of amides is 1. The Bertz CT molecular complexity index is 913. The summed E-state index contributed by atoms with van der Waals surface area (Å²) in [7, 11) is 1.32. The van der Waals surface area contributed by atoms with Gasteiger partial charge in [-0.2, -0.15) is 18.2 Å². The highest BCUT2D eigenvalue weighted by Gasteiger charge is 2.35. The molecule has 12 heteroatoms. The Morgan fingerprint density at radius 1 is 1.39 bits per heavy atom. The van der Waals surface area contributed by atoms with Gasteiger partial charge in [-0.05, 0) is 17.7 Å². The third-order valence-corrected chi connectivity index (χ3v) is 4.54. The second kappa shape index (κ2) is 9.77. The number of hydrogen-bond donors (Lipinski definition) is 2. The van der Waals surface area contributed by atoms with Gasteiger partial charge in [0.2, 0.25) is 12.4 Å². The molecule has 1 unspecified atom stereocenters. The van der Waals surface area contributed by atoms with Crippen molar-refractivity contribution in [3.63, 3.8) is 0 Å². The number of morpholine rings is 1. The molecule has 8 nitrogen and oxygen atoms in total. The molecule has 1 fully saturated rings. The molecule has 0 bridgehead atoms. The molecule has 1 amide bonds. The van der Waals surface area contributed by atoms with E-state index >= 15 is 0 Å². The first kappa shape index (κ1) is 22.5. The molecule has 3 rings (SSSR count). The van der Waals surface area contributed by atoms with Gasteiger partial charge in [0, 0.05) is 19.8 Å². The number of carbonyl (C=O) groups excluding carboxylic acids is 1. The highest BCUT2D eigenvalue weighted by atomic mass is 19.4. The summed E-state index contributed by atoms with van der Waals surface area (Å²) >= 11 is 0. The molecule has 1 atom stereocenters. The van der Waals surface area contributed by atoms with Gasteiger partial charge < -0.3 is 25.0 Å². The predicted molar refractivity (Wildman–Crippen MR) is 104 cm³/mol. The number of rotatable bonds is 8. The number of nitrogens with one attached hydrogen (secondary N) is 2. The zero-order valence-electron chi connectivity index (χ0n) is 16.6. The van der Waals surface area contributed by atoms with Crippen LogP contribution in [0.3, 0.4) is 0 Å². The van der Waals surface area contributed by atoms with E-state index in [0.717, 1.165) is 6.41 Å². The molecule has 1 aromatic carbocycles. The largest absolute Gasteiger partial charge is 0.489 e. The van der Waals surface area contributed by atoms with Crippen molar-refractivity contribution >= 4 is 23.9 Å². The Morgan fingerprint density at radius 3 is 2.87 bits per heavy atom. The molecule has 2 heterocycles. The predicted octanol–water partition coefficient (Wildman–Crippen LogP) is 3.16. The van der Waals surface area contributed by atoms with E-state index in [4.69, 9.17) is 9.47 Å². The maximum atomic E-state index is 13.0. The van der Waals surface area contributed by atoms with Gasteiger partial charge in [-0.15, -0.1) is 0 Å². The van der Waals surface area contributed by atoms with E-state index in [0.29, 0.717) is 37.1 Å². The van der Waals surface area contributed by atoms with Crippen LogP contribution in [0.1, 0.15) is 17.2 Å². The second-order valence-corrected chi connectivity index (χ2v) is 6.58. The van der Waals surface area contributed by atoms with Crippen LogP contribution in [0, 0.1) is 0 Å². The SMILES string of the molecule is CNc1nc(Nc2ccc(C3CN(C=O)CCO3)cc2OCCF)ncc1C(F)(F)F. The lowest BCUT2D eigenvalue weighted by molar-refractivity contribution is -0.137. The molecule has 31 heavy (non-hydrogen) atoms. The van der Waals surface area contributed by atoms with Crippen molar-refractivity contribution < 1.29 is 31.8 Å². The summed E-state index contributed by atoms with van der Waals surface area (Å²) in [5, 5.41) is 5.20. The van der Waals surface area contributed by atoms with Crippen LogP contribution < -0.4 is 15.4 Å². The number of alkyl halides is 4. The maximum absolute atomic E-state index is 13.0. The van der Waals surface area contributed by atoms with Gasteiger partial charge >= 0.3 is 6.18 Å². The van der Waals surface area contributed by atoms with Gasteiger partial charge in [0.25, 0.3) is 0 Å². The van der Waals surface area contributed by atoms with Crippen molar-refractivity contribution in [2.45, 2.75) is 12.3 Å². The van der Waals surface area contributed by atoms with Crippen LogP contribution in [-0.2, 0) is 15.7 Å². The van der Waals surface area contributed by atoms with Crippen LogP contribution in [0.2, 0.25) is 0 Å². The quantitative estimate of drug-likeness (QED) is 0.479. The fraction of sp³-hybridized carbons (Fsp3) is 0.421. The molecule has 0 aliphatic carbocycles. The number of carbonyl (C=O) groups is 1. The summed E-state index contributed by atoms with van der Waals surface area (Å²) < 4.78 is 63.0. The van der Waals surface area contributed by atoms with E-state index < -0.39 is 24.2 Å². The lowest BCUT2D eigenvalue weighted by Crippen LogP contribution is -2.37. The van der Waals surface area contributed by atoms with Gasteiger partial charge in [0.1, 0.15) is 36.5 Å². The Balaban J connectivity index is 1.87. The summed E-state index contributed by atoms with van der Waals surface area (Å²) in [4.78, 5) is 20.2. The van der Waals surface area contributed by atoms with Crippen LogP contribution in [-0.4, -0.2) is 61.3 Å². The number of ether oxygens (including phenoxy) is 2. The van der Waals surface area contributed by atoms with Crippen LogP contribution in [0.15, 0.2) is 24.4 Å². The van der Waals surface area contributed by atoms with E-state index in [2.05, 4.69) is 20.6 Å². The Hall–Kier alpha value is -3.15. The van der Waals surface area contributed by atoms with Crippen molar-refractivity contribution in [3.8, 4) is 5.75 Å². The van der Waals surface area contributed by atoms with Gasteiger partial charge in [0.15, 0.2) is 0 Å². The highest BCUT2D eigenvalue weighted by molar-refractivity contribution is 5.65. The number of anilines is 3. The van der Waals surface area contributed by atoms with Gasteiger partial charge in [-0.3, -0.25) is 4.79 Å². The third kappa shape index (κ3) is 5.51. The van der Waals surface area contributed by atoms with Gasteiger partial charge in [-0.25, -0.2) is 9.37 Å². The van der Waals surface area contributed by atoms with Crippen LogP contribution in [0.4, 0.5) is 35.0 Å². The first-order valence-corrected chi connectivity index (χ1v) is 9.38. The summed E-state index contributed by atoms with van der Waals surface area (Å²) in [5.41, 5.74) is 0.0382. The van der Waals surface area contributed by atoms with Crippen molar-refractivity contribution in [1.29, 1.82) is 0 Å². The van der Waals surface area contributed by atoms with Crippen molar-refractivity contribution in [3.05, 3.63) is 35.5 Å². The fourth-order valence-corrected chi connectivity index (χ4v) is 3.04. The molecule has 168 valence electrons. The summed E-state index contributed by atoms with van der Waals surface area (Å²) in [6.07, 6.45) is -3.59. The number of nitrogens with zero attached hydrogens (tertiary/aromatic N) is 3. The third-order valence-electron chi connectivity index (χ3n) is 4.54. The average molecular weight is 443 g/mol. The first-order chi connectivity index (χ1) is 14.9. The number of benzene rings is 1. The lowest BCUT2D eigenvalue weighted by atomic mass is 10.1. The van der Waals surface area contributed by atoms with E-state index in [1.807, 2.05) is 0 Å². The number of halogens is 4. The standard InChI is InChI=1S/C19H21F4N5O3/c1-24-17-13(19(21,22)23)9-25-18(27-17)26-14-3-2-12(8-15(14)30-6-4-20)16-10-28(11-29)5-7-31-16/h2-3,8-9,11,16H,4-7,10H2,1H3,(H2,24,25,26,27). The molecule has 0 spiro atoms. The van der Waals surface area contributed by atoms with Crippen molar-refractivity contribution in [2.24, 2.45) is 0 Å². The Labute approximate surface area is 175 Å². The summed E-state index contributed by atoms with van der Waals surface area (Å²) in [5.74, 6) is -0.245. The summed E-state index contributed by atoms with van der Waals surface area (Å²) in [6, 6.07) is 4.94. The Kier molecular flexibility index (Phi) is 7.10. The minimum Gasteiger partial charge on any atom is -0.489 e. The van der Waals surface area contributed by atoms with E-state index in [1.165, 1.54) is 7.05 Å². The van der Waals surface area contributed by atoms with Gasteiger partial charge in [-0.1, -0.05) is 6.07 Å². The van der Waals surface area contributed by atoms with Crippen molar-refractivity contribution in [2.75, 3.05) is 50.7 Å². The molecule has 1 aliphatic heterocycles. The van der Waals surface area contributed by atoms with E-state index in [9.17, 15) is 22.4 Å². The number of aromatic nitrogens is 2. The zero-order valence-corrected chi connectivity index (χ0v) is 16.6. The monoisotopic (exact) mass is 443 g/mol. The van der Waals surface area contributed by atoms with Crippen LogP contribution in [0.5, 0.6) is 5.75 Å². The van der Waals surface area contributed by atoms with E-state index in [1.54, 1.807) is 23.1 Å². The minimum absolute atomic E-state index is 0.101. The molecule has 1 aliphatic rings. The minimum atomic E-state index is -4.61. The molecule has 0 radical (unpaired) electrons. The van der Waals surface area contributed by atoms with Gasteiger partial charge in [0.05, 0.1) is 18.8 Å². The Morgan fingerprint density at radius 2 is 2.19 bits per heavy atom. The van der Waals surface area contributed by atoms with E-state index in [-0.39, 0.29) is 24.4 Å². The average Bonchev–Trinajstić information content (AvgIpc) is 2.77. The molecule has 2 aromatic rings. The lowest BCUT2D eigenvalue weighted by Gasteiger charge is -2.30. The fourth-order valence-electron chi connectivity index (χ4n) is 3.04. The smallest absolute Gasteiger partial charge is 0.421 e. The molecule has 1 saturated heterocycles. The normalized spacial score (nSPS) is 16.7. The molecular formula is C19H21F4N5O3. The molecule has 1 aromatic heterocycles. The van der Waals surface area contributed by atoms with Crippen LogP contribution >= 0.6 is 0 Å². The maximum Gasteiger partial charge on any atom is 0.421 e. The highest BCUT2D eigenvalue weighted by Crippen LogP contribution is 2.35. The molecular weight excluding hydrogens is 422 g/mol. The molecule has 0 saturated carbocycles. The zero-order chi connectivity index (χ0) is 22.4. The first-order valence-electron chi connectivity index (χ1n) is 9.38. The van der Waals surface area contributed by atoms with Crippen LogP contribution in [0.25, 0.3) is 0 Å².